The molecule has 2 N–H and O–H groups in total. The predicted octanol–water partition coefficient (Wildman–Crippen LogP) is 3.75. The van der Waals surface area contributed by atoms with Crippen molar-refractivity contribution in [2.45, 2.75) is 13.2 Å². The summed E-state index contributed by atoms with van der Waals surface area (Å²) in [5.74, 6) is -0.709. The number of nitrogens with two attached hydrogens (primary N) is 1. The summed E-state index contributed by atoms with van der Waals surface area (Å²) < 4.78 is 37.4. The summed E-state index contributed by atoms with van der Waals surface area (Å²) in [6.07, 6.45) is 0. The monoisotopic (exact) mass is 289 g/mol. The van der Waals surface area contributed by atoms with Crippen molar-refractivity contribution < 1.29 is 17.9 Å². The first-order valence-electron chi connectivity index (χ1n) is 6.46. The van der Waals surface area contributed by atoms with E-state index in [1.807, 2.05) is 24.3 Å². The first-order valence-corrected chi connectivity index (χ1v) is 6.46. The summed E-state index contributed by atoms with van der Waals surface area (Å²) in [6.45, 7) is 0.301. The quantitative estimate of drug-likeness (QED) is 0.795. The lowest BCUT2D eigenvalue weighted by molar-refractivity contribution is 0.298. The topological polar surface area (TPSA) is 48.4 Å². The molecule has 3 aromatic rings. The maximum atomic E-state index is 13.2. The fourth-order valence-corrected chi connectivity index (χ4v) is 2.15. The summed E-state index contributed by atoms with van der Waals surface area (Å²) >= 11 is 0. The number of hydrogen-bond acceptors (Lipinski definition) is 3. The molecule has 0 saturated heterocycles. The summed E-state index contributed by atoms with van der Waals surface area (Å²) in [5, 5.41) is 0.806. The molecule has 1 aromatic heterocycles. The molecule has 0 fully saturated rings. The highest BCUT2D eigenvalue weighted by atomic mass is 19.2. The third-order valence-corrected chi connectivity index (χ3v) is 3.17. The molecular weight excluding hydrogens is 276 g/mol. The minimum atomic E-state index is -0.896. The van der Waals surface area contributed by atoms with E-state index in [9.17, 15) is 8.78 Å². The summed E-state index contributed by atoms with van der Waals surface area (Å²) in [5.41, 5.74) is 6.85. The van der Waals surface area contributed by atoms with Gasteiger partial charge in [-0.05, 0) is 29.8 Å². The third kappa shape index (κ3) is 2.60. The largest absolute Gasteiger partial charge is 0.485 e. The van der Waals surface area contributed by atoms with Gasteiger partial charge < -0.3 is 14.9 Å². The van der Waals surface area contributed by atoms with Gasteiger partial charge in [-0.25, -0.2) is 8.78 Å². The van der Waals surface area contributed by atoms with Crippen LogP contribution in [0.5, 0.6) is 5.75 Å². The number of benzene rings is 2. The van der Waals surface area contributed by atoms with Crippen LogP contribution in [-0.4, -0.2) is 0 Å². The van der Waals surface area contributed by atoms with Crippen molar-refractivity contribution in [1.82, 2.24) is 0 Å². The van der Waals surface area contributed by atoms with Crippen LogP contribution in [0.2, 0.25) is 0 Å². The van der Waals surface area contributed by atoms with Crippen LogP contribution >= 0.6 is 0 Å². The van der Waals surface area contributed by atoms with Crippen LogP contribution in [0.1, 0.15) is 11.3 Å². The second-order valence-electron chi connectivity index (χ2n) is 4.59. The van der Waals surface area contributed by atoms with Gasteiger partial charge in [0.05, 0.1) is 11.9 Å². The molecule has 0 aliphatic carbocycles. The Morgan fingerprint density at radius 2 is 1.86 bits per heavy atom. The summed E-state index contributed by atoms with van der Waals surface area (Å²) in [4.78, 5) is 0. The van der Waals surface area contributed by atoms with Crippen molar-refractivity contribution in [3.63, 3.8) is 0 Å². The van der Waals surface area contributed by atoms with Crippen LogP contribution in [0.3, 0.4) is 0 Å². The molecule has 0 aliphatic rings. The average Bonchev–Trinajstić information content (AvgIpc) is 2.86. The van der Waals surface area contributed by atoms with Gasteiger partial charge >= 0.3 is 0 Å². The van der Waals surface area contributed by atoms with Crippen LogP contribution in [0.25, 0.3) is 11.0 Å². The summed E-state index contributed by atoms with van der Waals surface area (Å²) in [6, 6.07) is 11.1. The van der Waals surface area contributed by atoms with Gasteiger partial charge in [0, 0.05) is 0 Å². The second kappa shape index (κ2) is 5.54. The van der Waals surface area contributed by atoms with E-state index in [1.165, 1.54) is 6.07 Å². The zero-order chi connectivity index (χ0) is 14.8. The van der Waals surface area contributed by atoms with E-state index in [1.54, 1.807) is 0 Å². The SMILES string of the molecule is NCc1oc2ccccc2c1OCc1ccc(F)c(F)c1. The Hall–Kier alpha value is -2.40. The fourth-order valence-electron chi connectivity index (χ4n) is 2.15. The third-order valence-electron chi connectivity index (χ3n) is 3.17. The molecule has 0 amide bonds. The number of ether oxygens (including phenoxy) is 1. The molecule has 0 unspecified atom stereocenters. The van der Waals surface area contributed by atoms with Crippen molar-refractivity contribution in [1.29, 1.82) is 0 Å². The number of halogens is 2. The molecule has 0 radical (unpaired) electrons. The van der Waals surface area contributed by atoms with Gasteiger partial charge in [-0.15, -0.1) is 0 Å². The summed E-state index contributed by atoms with van der Waals surface area (Å²) in [7, 11) is 0. The molecule has 5 heteroatoms. The van der Waals surface area contributed by atoms with E-state index >= 15 is 0 Å². The maximum Gasteiger partial charge on any atom is 0.170 e. The Morgan fingerprint density at radius 1 is 1.05 bits per heavy atom. The molecule has 3 nitrogen and oxygen atoms in total. The lowest BCUT2D eigenvalue weighted by Gasteiger charge is -2.06. The standard InChI is InChI=1S/C16H13F2NO2/c17-12-6-5-10(7-13(12)18)9-20-16-11-3-1-2-4-14(11)21-15(16)8-19/h1-7H,8-9,19H2. The maximum absolute atomic E-state index is 13.2. The van der Waals surface area contributed by atoms with Crippen molar-refractivity contribution in [3.8, 4) is 5.75 Å². The molecule has 0 spiro atoms. The predicted molar refractivity (Wildman–Crippen MR) is 74.8 cm³/mol. The number of furan rings is 1. The van der Waals surface area contributed by atoms with Crippen molar-refractivity contribution >= 4 is 11.0 Å². The highest BCUT2D eigenvalue weighted by Gasteiger charge is 2.14. The van der Waals surface area contributed by atoms with Gasteiger partial charge in [0.2, 0.25) is 0 Å². The molecule has 0 atom stereocenters. The van der Waals surface area contributed by atoms with Gasteiger partial charge in [-0.3, -0.25) is 0 Å². The number of para-hydroxylation sites is 1. The molecule has 3 rings (SSSR count). The van der Waals surface area contributed by atoms with Gasteiger partial charge in [-0.2, -0.15) is 0 Å². The normalized spacial score (nSPS) is 11.0. The fraction of sp³-hybridized carbons (Fsp3) is 0.125. The number of fused-ring (bicyclic) bond motifs is 1. The Kier molecular flexibility index (Phi) is 3.58. The van der Waals surface area contributed by atoms with Gasteiger partial charge in [0.1, 0.15) is 12.2 Å². The highest BCUT2D eigenvalue weighted by Crippen LogP contribution is 2.33. The van der Waals surface area contributed by atoms with Crippen LogP contribution in [0.15, 0.2) is 46.9 Å². The Bertz CT molecular complexity index is 783. The number of rotatable bonds is 4. The van der Waals surface area contributed by atoms with Gasteiger partial charge in [0.15, 0.2) is 23.1 Å². The zero-order valence-electron chi connectivity index (χ0n) is 11.1. The van der Waals surface area contributed by atoms with Crippen molar-refractivity contribution in [2.24, 2.45) is 5.73 Å². The minimum Gasteiger partial charge on any atom is -0.485 e. The van der Waals surface area contributed by atoms with Crippen LogP contribution in [0.4, 0.5) is 8.78 Å². The Labute approximate surface area is 119 Å². The van der Waals surface area contributed by atoms with E-state index in [4.69, 9.17) is 14.9 Å². The molecular formula is C16H13F2NO2. The first-order chi connectivity index (χ1) is 10.2. The first kappa shape index (κ1) is 13.6. The van der Waals surface area contributed by atoms with Crippen LogP contribution in [0, 0.1) is 11.6 Å². The smallest absolute Gasteiger partial charge is 0.170 e. The van der Waals surface area contributed by atoms with E-state index in [0.717, 1.165) is 17.5 Å². The lowest BCUT2D eigenvalue weighted by Crippen LogP contribution is -2.01. The molecule has 0 bridgehead atoms. The molecule has 0 aliphatic heterocycles. The van der Waals surface area contributed by atoms with E-state index in [-0.39, 0.29) is 13.2 Å². The Balaban J connectivity index is 1.89. The molecule has 0 saturated carbocycles. The molecule has 21 heavy (non-hydrogen) atoms. The molecule has 108 valence electrons. The van der Waals surface area contributed by atoms with Gasteiger partial charge in [-0.1, -0.05) is 18.2 Å². The molecule has 2 aromatic carbocycles. The zero-order valence-corrected chi connectivity index (χ0v) is 11.1. The molecule has 1 heterocycles. The van der Waals surface area contributed by atoms with E-state index < -0.39 is 11.6 Å². The van der Waals surface area contributed by atoms with E-state index in [0.29, 0.717) is 22.7 Å². The van der Waals surface area contributed by atoms with Crippen molar-refractivity contribution in [3.05, 3.63) is 65.4 Å². The average molecular weight is 289 g/mol. The van der Waals surface area contributed by atoms with E-state index in [2.05, 4.69) is 0 Å². The number of hydrogen-bond donors (Lipinski definition) is 1. The lowest BCUT2D eigenvalue weighted by atomic mass is 10.2. The minimum absolute atomic E-state index is 0.105. The van der Waals surface area contributed by atoms with Gasteiger partial charge in [0.25, 0.3) is 0 Å². The van der Waals surface area contributed by atoms with Crippen LogP contribution in [-0.2, 0) is 13.2 Å². The van der Waals surface area contributed by atoms with Crippen LogP contribution < -0.4 is 10.5 Å². The Morgan fingerprint density at radius 3 is 2.62 bits per heavy atom. The second-order valence-corrected chi connectivity index (χ2v) is 4.59. The highest BCUT2D eigenvalue weighted by molar-refractivity contribution is 5.85. The van der Waals surface area contributed by atoms with Crippen molar-refractivity contribution in [2.75, 3.05) is 0 Å².